The van der Waals surface area contributed by atoms with Gasteiger partial charge in [-0.05, 0) is 48.0 Å². The maximum atomic E-state index is 12.7. The summed E-state index contributed by atoms with van der Waals surface area (Å²) in [6.45, 7) is 0. The molecule has 1 saturated heterocycles. The van der Waals surface area contributed by atoms with Gasteiger partial charge in [-0.2, -0.15) is 0 Å². The van der Waals surface area contributed by atoms with Crippen LogP contribution >= 0.6 is 39.1 Å². The molecule has 1 heterocycles. The number of rotatable bonds is 2. The molecule has 0 unspecified atom stereocenters. The standard InChI is InChI=1S/C17H9BrCl2N2O3/c18-10-2-5-12(6-3-10)22-16(24)13(15(23)21-17(22)25)7-9-1-4-11(19)8-14(9)20/h1-8H,(H,21,23,25)/b13-7-. The molecule has 2 aromatic carbocycles. The number of hydrogen-bond donors (Lipinski definition) is 1. The molecular formula is C17H9BrCl2N2O3. The molecule has 5 nitrogen and oxygen atoms in total. The zero-order valence-corrected chi connectivity index (χ0v) is 15.5. The Hall–Kier alpha value is -2.15. The Labute approximate surface area is 161 Å². The fourth-order valence-corrected chi connectivity index (χ4v) is 2.98. The van der Waals surface area contributed by atoms with E-state index in [-0.39, 0.29) is 10.6 Å². The van der Waals surface area contributed by atoms with E-state index < -0.39 is 17.8 Å². The Morgan fingerprint density at radius 1 is 1.00 bits per heavy atom. The summed E-state index contributed by atoms with van der Waals surface area (Å²) < 4.78 is 0.793. The SMILES string of the molecule is O=C1NC(=O)N(c2ccc(Br)cc2)C(=O)/C1=C\c1ccc(Cl)cc1Cl. The minimum Gasteiger partial charge on any atom is -0.273 e. The lowest BCUT2D eigenvalue weighted by Gasteiger charge is -2.26. The van der Waals surface area contributed by atoms with Crippen molar-refractivity contribution in [1.82, 2.24) is 5.32 Å². The van der Waals surface area contributed by atoms with E-state index in [0.29, 0.717) is 16.3 Å². The van der Waals surface area contributed by atoms with Gasteiger partial charge in [0, 0.05) is 14.5 Å². The van der Waals surface area contributed by atoms with E-state index >= 15 is 0 Å². The molecule has 0 bridgehead atoms. The quantitative estimate of drug-likeness (QED) is 0.556. The number of amides is 4. The molecule has 25 heavy (non-hydrogen) atoms. The molecule has 1 aliphatic heterocycles. The molecule has 1 aliphatic rings. The molecule has 4 amide bonds. The highest BCUT2D eigenvalue weighted by molar-refractivity contribution is 9.10. The van der Waals surface area contributed by atoms with Gasteiger partial charge in [-0.15, -0.1) is 0 Å². The summed E-state index contributed by atoms with van der Waals surface area (Å²) in [5.74, 6) is -1.52. The first kappa shape index (κ1) is 17.7. The smallest absolute Gasteiger partial charge is 0.273 e. The number of hydrogen-bond acceptors (Lipinski definition) is 3. The van der Waals surface area contributed by atoms with Gasteiger partial charge in [0.25, 0.3) is 11.8 Å². The largest absolute Gasteiger partial charge is 0.335 e. The Morgan fingerprint density at radius 2 is 1.68 bits per heavy atom. The number of nitrogens with one attached hydrogen (secondary N) is 1. The van der Waals surface area contributed by atoms with Crippen molar-refractivity contribution >= 4 is 68.7 Å². The summed E-state index contributed by atoms with van der Waals surface area (Å²) in [6, 6.07) is 10.4. The van der Waals surface area contributed by atoms with Crippen LogP contribution in [0.25, 0.3) is 6.08 Å². The van der Waals surface area contributed by atoms with Crippen molar-refractivity contribution in [3.8, 4) is 0 Å². The van der Waals surface area contributed by atoms with Gasteiger partial charge in [0.1, 0.15) is 5.57 Å². The molecule has 0 aliphatic carbocycles. The number of benzene rings is 2. The first-order valence-corrected chi connectivity index (χ1v) is 8.54. The third kappa shape index (κ3) is 3.61. The lowest BCUT2D eigenvalue weighted by atomic mass is 10.1. The third-order valence-electron chi connectivity index (χ3n) is 3.45. The molecule has 0 aromatic heterocycles. The lowest BCUT2D eigenvalue weighted by Crippen LogP contribution is -2.54. The normalized spacial score (nSPS) is 16.4. The van der Waals surface area contributed by atoms with Gasteiger partial charge >= 0.3 is 6.03 Å². The van der Waals surface area contributed by atoms with Crippen molar-refractivity contribution in [2.45, 2.75) is 0 Å². The summed E-state index contributed by atoms with van der Waals surface area (Å²) in [5, 5.41) is 2.87. The van der Waals surface area contributed by atoms with Crippen LogP contribution in [0, 0.1) is 0 Å². The fourth-order valence-electron chi connectivity index (χ4n) is 2.26. The van der Waals surface area contributed by atoms with Gasteiger partial charge in [-0.1, -0.05) is 45.2 Å². The van der Waals surface area contributed by atoms with Crippen LogP contribution in [0.4, 0.5) is 10.5 Å². The van der Waals surface area contributed by atoms with Gasteiger partial charge in [0.05, 0.1) is 5.69 Å². The van der Waals surface area contributed by atoms with Crippen LogP contribution in [0.3, 0.4) is 0 Å². The second kappa shape index (κ2) is 7.00. The van der Waals surface area contributed by atoms with E-state index in [2.05, 4.69) is 21.2 Å². The van der Waals surface area contributed by atoms with E-state index in [1.165, 1.54) is 12.1 Å². The van der Waals surface area contributed by atoms with Crippen molar-refractivity contribution in [3.63, 3.8) is 0 Å². The highest BCUT2D eigenvalue weighted by Gasteiger charge is 2.36. The number of nitrogens with zero attached hydrogens (tertiary/aromatic N) is 1. The maximum absolute atomic E-state index is 12.7. The zero-order valence-electron chi connectivity index (χ0n) is 12.4. The summed E-state index contributed by atoms with van der Waals surface area (Å²) in [5.41, 5.74) is 0.577. The monoisotopic (exact) mass is 438 g/mol. The molecule has 0 saturated carbocycles. The number of carbonyl (C=O) groups is 3. The van der Waals surface area contributed by atoms with Crippen LogP contribution in [-0.4, -0.2) is 17.8 Å². The number of barbiturate groups is 1. The van der Waals surface area contributed by atoms with E-state index in [9.17, 15) is 14.4 Å². The third-order valence-corrected chi connectivity index (χ3v) is 4.54. The summed E-state index contributed by atoms with van der Waals surface area (Å²) in [6.07, 6.45) is 1.33. The summed E-state index contributed by atoms with van der Waals surface area (Å²) in [4.78, 5) is 37.8. The second-order valence-corrected chi connectivity index (χ2v) is 6.86. The Balaban J connectivity index is 2.03. The van der Waals surface area contributed by atoms with E-state index in [4.69, 9.17) is 23.2 Å². The Bertz CT molecular complexity index is 926. The van der Waals surface area contributed by atoms with Gasteiger partial charge in [0.2, 0.25) is 0 Å². The molecule has 126 valence electrons. The van der Waals surface area contributed by atoms with Crippen LogP contribution in [0.5, 0.6) is 0 Å². The van der Waals surface area contributed by atoms with Gasteiger partial charge in [-0.25, -0.2) is 9.69 Å². The van der Waals surface area contributed by atoms with Gasteiger partial charge in [0.15, 0.2) is 0 Å². The molecule has 2 aromatic rings. The number of anilines is 1. The summed E-state index contributed by atoms with van der Waals surface area (Å²) in [7, 11) is 0. The molecule has 0 atom stereocenters. The van der Waals surface area contributed by atoms with Crippen molar-refractivity contribution in [2.75, 3.05) is 4.90 Å². The minimum absolute atomic E-state index is 0.202. The highest BCUT2D eigenvalue weighted by atomic mass is 79.9. The average molecular weight is 440 g/mol. The zero-order chi connectivity index (χ0) is 18.1. The van der Waals surface area contributed by atoms with Crippen LogP contribution < -0.4 is 10.2 Å². The van der Waals surface area contributed by atoms with Crippen LogP contribution in [0.1, 0.15) is 5.56 Å². The fraction of sp³-hybridized carbons (Fsp3) is 0. The first-order chi connectivity index (χ1) is 11.9. The van der Waals surface area contributed by atoms with Gasteiger partial charge < -0.3 is 0 Å². The lowest BCUT2D eigenvalue weighted by molar-refractivity contribution is -0.122. The molecule has 1 fully saturated rings. The van der Waals surface area contributed by atoms with E-state index in [0.717, 1.165) is 9.37 Å². The van der Waals surface area contributed by atoms with Crippen molar-refractivity contribution in [3.05, 3.63) is 68.1 Å². The first-order valence-electron chi connectivity index (χ1n) is 6.99. The predicted octanol–water partition coefficient (Wildman–Crippen LogP) is 4.42. The van der Waals surface area contributed by atoms with Gasteiger partial charge in [-0.3, -0.25) is 14.9 Å². The number of urea groups is 1. The van der Waals surface area contributed by atoms with Crippen molar-refractivity contribution in [2.24, 2.45) is 0 Å². The topological polar surface area (TPSA) is 66.5 Å². The predicted molar refractivity (Wildman–Crippen MR) is 99.6 cm³/mol. The van der Waals surface area contributed by atoms with Crippen LogP contribution in [0.2, 0.25) is 10.0 Å². The Kier molecular flexibility index (Phi) is 4.94. The molecule has 0 spiro atoms. The minimum atomic E-state index is -0.809. The maximum Gasteiger partial charge on any atom is 0.335 e. The summed E-state index contributed by atoms with van der Waals surface area (Å²) >= 11 is 15.2. The van der Waals surface area contributed by atoms with Crippen LogP contribution in [-0.2, 0) is 9.59 Å². The number of imide groups is 2. The van der Waals surface area contributed by atoms with E-state index in [1.807, 2.05) is 0 Å². The average Bonchev–Trinajstić information content (AvgIpc) is 2.55. The molecule has 3 rings (SSSR count). The van der Waals surface area contributed by atoms with E-state index in [1.54, 1.807) is 36.4 Å². The van der Waals surface area contributed by atoms with Crippen LogP contribution in [0.15, 0.2) is 52.5 Å². The molecule has 8 heteroatoms. The van der Waals surface area contributed by atoms with Crippen molar-refractivity contribution in [1.29, 1.82) is 0 Å². The Morgan fingerprint density at radius 3 is 2.32 bits per heavy atom. The highest BCUT2D eigenvalue weighted by Crippen LogP contribution is 2.26. The number of carbonyl (C=O) groups excluding carboxylic acids is 3. The van der Waals surface area contributed by atoms with Crippen molar-refractivity contribution < 1.29 is 14.4 Å². The number of halogens is 3. The second-order valence-electron chi connectivity index (χ2n) is 5.10. The molecule has 1 N–H and O–H groups in total. The molecular weight excluding hydrogens is 431 g/mol. The molecule has 0 radical (unpaired) electrons.